The predicted molar refractivity (Wildman–Crippen MR) is 91.0 cm³/mol. The standard InChI is InChI=1S/C19H24N2O/c1-19(2,3)13-6-7-15-9-11-16(12-10-15)21-18(22)17-8-4-5-14-20-17/h4-5,8-12,14H,6-7,13H2,1-3H3,(H,21,22). The highest BCUT2D eigenvalue weighted by molar-refractivity contribution is 6.02. The number of amides is 1. The monoisotopic (exact) mass is 296 g/mol. The van der Waals surface area contributed by atoms with Crippen LogP contribution in [0.2, 0.25) is 0 Å². The van der Waals surface area contributed by atoms with Gasteiger partial charge in [0, 0.05) is 11.9 Å². The number of nitrogens with one attached hydrogen (secondary N) is 1. The highest BCUT2D eigenvalue weighted by Gasteiger charge is 2.09. The third kappa shape index (κ3) is 5.32. The molecule has 1 N–H and O–H groups in total. The van der Waals surface area contributed by atoms with Gasteiger partial charge in [0.1, 0.15) is 5.69 Å². The molecule has 0 atom stereocenters. The SMILES string of the molecule is CC(C)(C)CCCc1ccc(NC(=O)c2ccccn2)cc1. The van der Waals surface area contributed by atoms with Crippen molar-refractivity contribution in [3.8, 4) is 0 Å². The van der Waals surface area contributed by atoms with Crippen LogP contribution >= 0.6 is 0 Å². The number of benzene rings is 1. The van der Waals surface area contributed by atoms with E-state index in [0.717, 1.165) is 12.1 Å². The summed E-state index contributed by atoms with van der Waals surface area (Å²) < 4.78 is 0. The van der Waals surface area contributed by atoms with E-state index in [2.05, 4.69) is 43.2 Å². The van der Waals surface area contributed by atoms with E-state index < -0.39 is 0 Å². The Kier molecular flexibility index (Phi) is 5.31. The van der Waals surface area contributed by atoms with Gasteiger partial charge in [0.15, 0.2) is 0 Å². The lowest BCUT2D eigenvalue weighted by Gasteiger charge is -2.17. The average molecular weight is 296 g/mol. The molecular formula is C19H24N2O. The van der Waals surface area contributed by atoms with Crippen molar-refractivity contribution in [3.63, 3.8) is 0 Å². The Hall–Kier alpha value is -2.16. The molecular weight excluding hydrogens is 272 g/mol. The van der Waals surface area contributed by atoms with Crippen molar-refractivity contribution in [2.24, 2.45) is 5.41 Å². The number of carbonyl (C=O) groups is 1. The Bertz CT molecular complexity index is 598. The number of rotatable bonds is 5. The number of carbonyl (C=O) groups excluding carboxylic acids is 1. The van der Waals surface area contributed by atoms with Gasteiger partial charge in [-0.1, -0.05) is 39.0 Å². The minimum Gasteiger partial charge on any atom is -0.321 e. The number of hydrogen-bond donors (Lipinski definition) is 1. The summed E-state index contributed by atoms with van der Waals surface area (Å²) in [4.78, 5) is 16.1. The van der Waals surface area contributed by atoms with Crippen LogP contribution in [0.4, 0.5) is 5.69 Å². The fourth-order valence-corrected chi connectivity index (χ4v) is 2.27. The topological polar surface area (TPSA) is 42.0 Å². The molecule has 2 aromatic rings. The number of aromatic nitrogens is 1. The minimum atomic E-state index is -0.180. The van der Waals surface area contributed by atoms with Crippen molar-refractivity contribution < 1.29 is 4.79 Å². The third-order valence-corrected chi connectivity index (χ3v) is 3.50. The molecule has 0 bridgehead atoms. The summed E-state index contributed by atoms with van der Waals surface area (Å²) >= 11 is 0. The number of nitrogens with zero attached hydrogens (tertiary/aromatic N) is 1. The lowest BCUT2D eigenvalue weighted by Crippen LogP contribution is -2.13. The molecule has 0 aliphatic carbocycles. The summed E-state index contributed by atoms with van der Waals surface area (Å²) in [5.41, 5.74) is 2.92. The average Bonchev–Trinajstić information content (AvgIpc) is 2.49. The van der Waals surface area contributed by atoms with E-state index in [1.54, 1.807) is 24.4 Å². The first-order valence-electron chi connectivity index (χ1n) is 7.75. The Labute approximate surface area is 132 Å². The second-order valence-corrected chi connectivity index (χ2v) is 6.78. The van der Waals surface area contributed by atoms with Crippen molar-refractivity contribution >= 4 is 11.6 Å². The van der Waals surface area contributed by atoms with E-state index in [-0.39, 0.29) is 5.91 Å². The van der Waals surface area contributed by atoms with Crippen LogP contribution < -0.4 is 5.32 Å². The van der Waals surface area contributed by atoms with Crippen LogP contribution in [0.1, 0.15) is 49.7 Å². The lowest BCUT2D eigenvalue weighted by atomic mass is 9.89. The summed E-state index contributed by atoms with van der Waals surface area (Å²) in [6, 6.07) is 13.4. The highest BCUT2D eigenvalue weighted by Crippen LogP contribution is 2.22. The Balaban J connectivity index is 1.88. The van der Waals surface area contributed by atoms with Gasteiger partial charge in [-0.2, -0.15) is 0 Å². The van der Waals surface area contributed by atoms with Gasteiger partial charge in [-0.3, -0.25) is 9.78 Å². The third-order valence-electron chi connectivity index (χ3n) is 3.50. The van der Waals surface area contributed by atoms with Gasteiger partial charge in [0.25, 0.3) is 5.91 Å². The van der Waals surface area contributed by atoms with Gasteiger partial charge >= 0.3 is 0 Å². The zero-order valence-electron chi connectivity index (χ0n) is 13.6. The zero-order chi connectivity index (χ0) is 16.0. The molecule has 0 saturated carbocycles. The maximum atomic E-state index is 12.0. The molecule has 0 aliphatic heterocycles. The van der Waals surface area contributed by atoms with Crippen molar-refractivity contribution in [1.82, 2.24) is 4.98 Å². The highest BCUT2D eigenvalue weighted by atomic mass is 16.1. The molecule has 2 rings (SSSR count). The number of aryl methyl sites for hydroxylation is 1. The zero-order valence-corrected chi connectivity index (χ0v) is 13.6. The molecule has 1 aromatic heterocycles. The van der Waals surface area contributed by atoms with Gasteiger partial charge in [-0.05, 0) is 54.5 Å². The van der Waals surface area contributed by atoms with Crippen LogP contribution in [0, 0.1) is 5.41 Å². The van der Waals surface area contributed by atoms with Crippen LogP contribution in [0.5, 0.6) is 0 Å². The molecule has 1 aromatic carbocycles. The lowest BCUT2D eigenvalue weighted by molar-refractivity contribution is 0.102. The van der Waals surface area contributed by atoms with E-state index in [4.69, 9.17) is 0 Å². The molecule has 0 saturated heterocycles. The van der Waals surface area contributed by atoms with Gasteiger partial charge in [-0.25, -0.2) is 0 Å². The smallest absolute Gasteiger partial charge is 0.274 e. The van der Waals surface area contributed by atoms with E-state index in [0.29, 0.717) is 11.1 Å². The van der Waals surface area contributed by atoms with Crippen molar-refractivity contribution in [2.45, 2.75) is 40.0 Å². The molecule has 3 nitrogen and oxygen atoms in total. The van der Waals surface area contributed by atoms with Gasteiger partial charge in [0.05, 0.1) is 0 Å². The molecule has 0 aliphatic rings. The summed E-state index contributed by atoms with van der Waals surface area (Å²) in [5.74, 6) is -0.180. The molecule has 22 heavy (non-hydrogen) atoms. The molecule has 1 amide bonds. The molecule has 0 spiro atoms. The number of anilines is 1. The van der Waals surface area contributed by atoms with Crippen LogP contribution in [-0.4, -0.2) is 10.9 Å². The molecule has 116 valence electrons. The normalized spacial score (nSPS) is 11.2. The van der Waals surface area contributed by atoms with E-state index in [9.17, 15) is 4.79 Å². The van der Waals surface area contributed by atoms with Gasteiger partial charge in [-0.15, -0.1) is 0 Å². The van der Waals surface area contributed by atoms with Crippen LogP contribution in [0.15, 0.2) is 48.7 Å². The van der Waals surface area contributed by atoms with Crippen LogP contribution in [-0.2, 0) is 6.42 Å². The Morgan fingerprint density at radius 1 is 1.09 bits per heavy atom. The quantitative estimate of drug-likeness (QED) is 0.868. The van der Waals surface area contributed by atoms with Crippen LogP contribution in [0.3, 0.4) is 0 Å². The summed E-state index contributed by atoms with van der Waals surface area (Å²) in [6.07, 6.45) is 5.09. The number of hydrogen-bond acceptors (Lipinski definition) is 2. The first-order valence-corrected chi connectivity index (χ1v) is 7.75. The molecule has 0 radical (unpaired) electrons. The first-order chi connectivity index (χ1) is 10.4. The second-order valence-electron chi connectivity index (χ2n) is 6.78. The van der Waals surface area contributed by atoms with Gasteiger partial charge < -0.3 is 5.32 Å². The van der Waals surface area contributed by atoms with E-state index in [1.807, 2.05) is 12.1 Å². The van der Waals surface area contributed by atoms with Crippen molar-refractivity contribution in [3.05, 3.63) is 59.9 Å². The summed E-state index contributed by atoms with van der Waals surface area (Å²) in [6.45, 7) is 6.80. The molecule has 0 unspecified atom stereocenters. The Morgan fingerprint density at radius 2 is 1.82 bits per heavy atom. The molecule has 3 heteroatoms. The Morgan fingerprint density at radius 3 is 2.41 bits per heavy atom. The fraction of sp³-hybridized carbons (Fsp3) is 0.368. The fourth-order valence-electron chi connectivity index (χ4n) is 2.27. The molecule has 1 heterocycles. The summed E-state index contributed by atoms with van der Waals surface area (Å²) in [7, 11) is 0. The minimum absolute atomic E-state index is 0.180. The predicted octanol–water partition coefficient (Wildman–Crippen LogP) is 4.70. The summed E-state index contributed by atoms with van der Waals surface area (Å²) in [5, 5.41) is 2.86. The first kappa shape index (κ1) is 16.2. The number of pyridine rings is 1. The van der Waals surface area contributed by atoms with Gasteiger partial charge in [0.2, 0.25) is 0 Å². The van der Waals surface area contributed by atoms with E-state index in [1.165, 1.54) is 18.4 Å². The maximum Gasteiger partial charge on any atom is 0.274 e. The van der Waals surface area contributed by atoms with E-state index >= 15 is 0 Å². The molecule has 0 fully saturated rings. The second kappa shape index (κ2) is 7.21. The van der Waals surface area contributed by atoms with Crippen molar-refractivity contribution in [2.75, 3.05) is 5.32 Å². The maximum absolute atomic E-state index is 12.0. The van der Waals surface area contributed by atoms with Crippen LogP contribution in [0.25, 0.3) is 0 Å². The van der Waals surface area contributed by atoms with Crippen molar-refractivity contribution in [1.29, 1.82) is 0 Å². The largest absolute Gasteiger partial charge is 0.321 e.